The molecule has 0 atom stereocenters. The second kappa shape index (κ2) is 4.84. The Hall–Kier alpha value is -0.770. The van der Waals surface area contributed by atoms with Crippen LogP contribution in [-0.2, 0) is 5.75 Å². The molecule has 0 radical (unpaired) electrons. The van der Waals surface area contributed by atoms with E-state index in [1.807, 2.05) is 6.07 Å². The van der Waals surface area contributed by atoms with E-state index in [0.29, 0.717) is 11.7 Å². The Kier molecular flexibility index (Phi) is 3.46. The largest absolute Gasteiger partial charge is 0.384 e. The van der Waals surface area contributed by atoms with E-state index in [1.54, 1.807) is 11.8 Å². The van der Waals surface area contributed by atoms with Crippen LogP contribution in [0.25, 0.3) is 0 Å². The molecular weight excluding hydrogens is 206 g/mol. The van der Waals surface area contributed by atoms with Crippen LogP contribution in [0.4, 0.5) is 5.82 Å². The highest BCUT2D eigenvalue weighted by atomic mass is 32.2. The molecule has 0 aromatic carbocycles. The average Bonchev–Trinajstić information content (AvgIpc) is 2.70. The van der Waals surface area contributed by atoms with Crippen molar-refractivity contribution in [2.75, 3.05) is 12.0 Å². The Bertz CT molecular complexity index is 335. The van der Waals surface area contributed by atoms with Gasteiger partial charge < -0.3 is 5.73 Å². The number of anilines is 1. The summed E-state index contributed by atoms with van der Waals surface area (Å²) in [5.74, 6) is 2.97. The fourth-order valence-electron chi connectivity index (χ4n) is 2.16. The van der Waals surface area contributed by atoms with Gasteiger partial charge in [0, 0.05) is 17.7 Å². The molecule has 82 valence electrons. The first kappa shape index (κ1) is 10.7. The Morgan fingerprint density at radius 2 is 2.13 bits per heavy atom. The Balaban J connectivity index is 2.22. The fourth-order valence-corrected chi connectivity index (χ4v) is 2.55. The van der Waals surface area contributed by atoms with Gasteiger partial charge in [-0.3, -0.25) is 0 Å². The van der Waals surface area contributed by atoms with Crippen LogP contribution < -0.4 is 5.73 Å². The monoisotopic (exact) mass is 223 g/mol. The molecule has 1 aliphatic rings. The number of aromatic nitrogens is 2. The van der Waals surface area contributed by atoms with E-state index in [9.17, 15) is 0 Å². The normalized spacial score (nSPS) is 17.1. The molecule has 1 aliphatic carbocycles. The number of nitrogens with two attached hydrogens (primary N) is 1. The maximum atomic E-state index is 5.80. The zero-order valence-corrected chi connectivity index (χ0v) is 9.89. The lowest BCUT2D eigenvalue weighted by Gasteiger charge is -2.10. The van der Waals surface area contributed by atoms with Crippen LogP contribution in [-0.4, -0.2) is 16.2 Å². The minimum absolute atomic E-state index is 0.621. The summed E-state index contributed by atoms with van der Waals surface area (Å²) >= 11 is 1.73. The zero-order valence-electron chi connectivity index (χ0n) is 9.07. The number of rotatable bonds is 3. The molecule has 1 aromatic heterocycles. The highest BCUT2D eigenvalue weighted by Gasteiger charge is 2.19. The number of hydrogen-bond acceptors (Lipinski definition) is 4. The van der Waals surface area contributed by atoms with Crippen LogP contribution >= 0.6 is 11.8 Å². The topological polar surface area (TPSA) is 51.8 Å². The first-order valence-electron chi connectivity index (χ1n) is 5.42. The predicted octanol–water partition coefficient (Wildman–Crippen LogP) is 2.58. The summed E-state index contributed by atoms with van der Waals surface area (Å²) in [7, 11) is 0. The maximum absolute atomic E-state index is 5.80. The van der Waals surface area contributed by atoms with E-state index in [4.69, 9.17) is 5.73 Å². The first-order chi connectivity index (χ1) is 7.29. The van der Waals surface area contributed by atoms with Crippen molar-refractivity contribution in [1.29, 1.82) is 0 Å². The van der Waals surface area contributed by atoms with Crippen molar-refractivity contribution in [3.8, 4) is 0 Å². The third-order valence-corrected chi connectivity index (χ3v) is 3.41. The lowest BCUT2D eigenvalue weighted by atomic mass is 10.0. The Morgan fingerprint density at radius 1 is 1.40 bits per heavy atom. The molecule has 0 spiro atoms. The van der Waals surface area contributed by atoms with Crippen molar-refractivity contribution >= 4 is 17.6 Å². The van der Waals surface area contributed by atoms with Crippen molar-refractivity contribution in [2.45, 2.75) is 37.4 Å². The summed E-state index contributed by atoms with van der Waals surface area (Å²) in [6.07, 6.45) is 7.23. The second-order valence-corrected chi connectivity index (χ2v) is 4.91. The molecule has 1 fully saturated rings. The molecule has 0 amide bonds. The van der Waals surface area contributed by atoms with E-state index in [1.165, 1.54) is 25.7 Å². The van der Waals surface area contributed by atoms with Crippen LogP contribution in [0, 0.1) is 0 Å². The molecule has 4 heteroatoms. The van der Waals surface area contributed by atoms with Gasteiger partial charge in [0.2, 0.25) is 0 Å². The Labute approximate surface area is 94.9 Å². The van der Waals surface area contributed by atoms with Crippen LogP contribution in [0.2, 0.25) is 0 Å². The smallest absolute Gasteiger partial charge is 0.140 e. The summed E-state index contributed by atoms with van der Waals surface area (Å²) in [5.41, 5.74) is 6.95. The van der Waals surface area contributed by atoms with Gasteiger partial charge >= 0.3 is 0 Å². The summed E-state index contributed by atoms with van der Waals surface area (Å²) in [6, 6.07) is 1.94. The van der Waals surface area contributed by atoms with Crippen LogP contribution in [0.1, 0.15) is 43.1 Å². The van der Waals surface area contributed by atoms with Gasteiger partial charge in [0.25, 0.3) is 0 Å². The number of nitrogens with zero attached hydrogens (tertiary/aromatic N) is 2. The van der Waals surface area contributed by atoms with Crippen molar-refractivity contribution in [3.05, 3.63) is 17.6 Å². The van der Waals surface area contributed by atoms with Gasteiger partial charge in [-0.25, -0.2) is 9.97 Å². The molecule has 0 saturated heterocycles. The van der Waals surface area contributed by atoms with Gasteiger partial charge in [-0.1, -0.05) is 12.8 Å². The molecular formula is C11H17N3S. The van der Waals surface area contributed by atoms with Gasteiger partial charge in [0.05, 0.1) is 5.75 Å². The number of nitrogen functional groups attached to an aromatic ring is 1. The second-order valence-electron chi connectivity index (χ2n) is 4.05. The molecule has 1 heterocycles. The van der Waals surface area contributed by atoms with Crippen molar-refractivity contribution in [1.82, 2.24) is 9.97 Å². The first-order valence-corrected chi connectivity index (χ1v) is 6.81. The third-order valence-electron chi connectivity index (χ3n) is 2.86. The van der Waals surface area contributed by atoms with E-state index >= 15 is 0 Å². The standard InChI is InChI=1S/C11H17N3S/c1-15-7-11-13-9(6-10(12)14-11)8-4-2-3-5-8/h6,8H,2-5,7H2,1H3,(H2,12,13,14). The lowest BCUT2D eigenvalue weighted by Crippen LogP contribution is -2.05. The van der Waals surface area contributed by atoms with Gasteiger partial charge in [0.1, 0.15) is 11.6 Å². The summed E-state index contributed by atoms with van der Waals surface area (Å²) in [6.45, 7) is 0. The molecule has 0 bridgehead atoms. The van der Waals surface area contributed by atoms with Crippen molar-refractivity contribution in [3.63, 3.8) is 0 Å². The SMILES string of the molecule is CSCc1nc(N)cc(C2CCCC2)n1. The van der Waals surface area contributed by atoms with Gasteiger partial charge in [-0.2, -0.15) is 11.8 Å². The molecule has 3 nitrogen and oxygen atoms in total. The highest BCUT2D eigenvalue weighted by molar-refractivity contribution is 7.97. The van der Waals surface area contributed by atoms with Gasteiger partial charge in [-0.15, -0.1) is 0 Å². The third kappa shape index (κ3) is 2.62. The van der Waals surface area contributed by atoms with E-state index in [2.05, 4.69) is 16.2 Å². The van der Waals surface area contributed by atoms with E-state index < -0.39 is 0 Å². The van der Waals surface area contributed by atoms with Crippen LogP contribution in [0.15, 0.2) is 6.07 Å². The number of hydrogen-bond donors (Lipinski definition) is 1. The quantitative estimate of drug-likeness (QED) is 0.855. The number of thioether (sulfide) groups is 1. The maximum Gasteiger partial charge on any atom is 0.140 e. The minimum atomic E-state index is 0.621. The molecule has 1 aromatic rings. The van der Waals surface area contributed by atoms with Crippen molar-refractivity contribution < 1.29 is 0 Å². The molecule has 2 N–H and O–H groups in total. The summed E-state index contributed by atoms with van der Waals surface area (Å²) in [4.78, 5) is 8.83. The lowest BCUT2D eigenvalue weighted by molar-refractivity contribution is 0.689. The molecule has 15 heavy (non-hydrogen) atoms. The van der Waals surface area contributed by atoms with Crippen LogP contribution in [0.5, 0.6) is 0 Å². The minimum Gasteiger partial charge on any atom is -0.384 e. The highest BCUT2D eigenvalue weighted by Crippen LogP contribution is 2.33. The molecule has 0 unspecified atom stereocenters. The predicted molar refractivity (Wildman–Crippen MR) is 64.9 cm³/mol. The van der Waals surface area contributed by atoms with Gasteiger partial charge in [0.15, 0.2) is 0 Å². The molecule has 1 saturated carbocycles. The van der Waals surface area contributed by atoms with Crippen molar-refractivity contribution in [2.24, 2.45) is 0 Å². The molecule has 2 rings (SSSR count). The van der Waals surface area contributed by atoms with Gasteiger partial charge in [-0.05, 0) is 19.1 Å². The van der Waals surface area contributed by atoms with Crippen LogP contribution in [0.3, 0.4) is 0 Å². The summed E-state index contributed by atoms with van der Waals surface area (Å²) < 4.78 is 0. The fraction of sp³-hybridized carbons (Fsp3) is 0.636. The Morgan fingerprint density at radius 3 is 2.80 bits per heavy atom. The summed E-state index contributed by atoms with van der Waals surface area (Å²) in [5, 5.41) is 0. The van der Waals surface area contributed by atoms with E-state index in [-0.39, 0.29) is 0 Å². The molecule has 0 aliphatic heterocycles. The average molecular weight is 223 g/mol. The zero-order chi connectivity index (χ0) is 10.7. The van der Waals surface area contributed by atoms with E-state index in [0.717, 1.165) is 17.3 Å².